The first-order valence-corrected chi connectivity index (χ1v) is 5.60. The monoisotopic (exact) mass is 233 g/mol. The summed E-state index contributed by atoms with van der Waals surface area (Å²) in [5, 5.41) is 3.01. The van der Waals surface area contributed by atoms with Crippen molar-refractivity contribution in [3.05, 3.63) is 41.5 Å². The molecule has 0 heterocycles. The Morgan fingerprint density at radius 3 is 2.71 bits per heavy atom. The van der Waals surface area contributed by atoms with Crippen LogP contribution in [0.15, 0.2) is 24.8 Å². The maximum atomic E-state index is 12.0. The summed E-state index contributed by atoms with van der Waals surface area (Å²) >= 11 is 0. The number of Topliss-reactive ketones (excluding diaryl/α,β-unsaturated/α-hetero) is 1. The van der Waals surface area contributed by atoms with Gasteiger partial charge in [0.1, 0.15) is 5.75 Å². The predicted octanol–water partition coefficient (Wildman–Crippen LogP) is 2.27. The molecule has 0 bridgehead atoms. The third-order valence-electron chi connectivity index (χ3n) is 2.62. The van der Waals surface area contributed by atoms with E-state index in [2.05, 4.69) is 11.9 Å². The summed E-state index contributed by atoms with van der Waals surface area (Å²) in [7, 11) is 1.63. The summed E-state index contributed by atoms with van der Waals surface area (Å²) < 4.78 is 5.22. The van der Waals surface area contributed by atoms with Gasteiger partial charge < -0.3 is 10.1 Å². The number of aryl methyl sites for hydroxylation is 2. The van der Waals surface area contributed by atoms with Crippen molar-refractivity contribution >= 4 is 5.78 Å². The molecule has 0 saturated heterocycles. The second kappa shape index (κ2) is 6.21. The van der Waals surface area contributed by atoms with Crippen LogP contribution < -0.4 is 10.1 Å². The van der Waals surface area contributed by atoms with E-state index in [4.69, 9.17) is 4.74 Å². The van der Waals surface area contributed by atoms with E-state index in [1.165, 1.54) is 0 Å². The van der Waals surface area contributed by atoms with E-state index in [1.807, 2.05) is 26.0 Å². The Hall–Kier alpha value is -1.61. The molecule has 3 nitrogen and oxygen atoms in total. The summed E-state index contributed by atoms with van der Waals surface area (Å²) in [6, 6.07) is 3.78. The highest BCUT2D eigenvalue weighted by Gasteiger charge is 2.11. The van der Waals surface area contributed by atoms with E-state index >= 15 is 0 Å². The molecule has 0 unspecified atom stereocenters. The SMILES string of the molecule is C=CCNCC(=O)c1cc(C)c(OC)cc1C. The van der Waals surface area contributed by atoms with Crippen molar-refractivity contribution in [2.75, 3.05) is 20.2 Å². The fourth-order valence-corrected chi connectivity index (χ4v) is 1.69. The molecule has 0 radical (unpaired) electrons. The first-order valence-electron chi connectivity index (χ1n) is 5.60. The maximum Gasteiger partial charge on any atom is 0.176 e. The zero-order valence-corrected chi connectivity index (χ0v) is 10.7. The number of nitrogens with one attached hydrogen (secondary N) is 1. The maximum absolute atomic E-state index is 12.0. The minimum absolute atomic E-state index is 0.0927. The first-order chi connectivity index (χ1) is 8.10. The second-order valence-corrected chi connectivity index (χ2v) is 3.98. The van der Waals surface area contributed by atoms with Crippen LogP contribution in [0.2, 0.25) is 0 Å². The van der Waals surface area contributed by atoms with Gasteiger partial charge in [-0.25, -0.2) is 0 Å². The molecule has 0 aliphatic heterocycles. The van der Waals surface area contributed by atoms with Crippen LogP contribution in [0.5, 0.6) is 5.75 Å². The average molecular weight is 233 g/mol. The third kappa shape index (κ3) is 3.43. The second-order valence-electron chi connectivity index (χ2n) is 3.98. The minimum atomic E-state index is 0.0927. The van der Waals surface area contributed by atoms with Crippen LogP contribution in [-0.4, -0.2) is 26.0 Å². The molecule has 17 heavy (non-hydrogen) atoms. The Labute approximate surface area is 102 Å². The van der Waals surface area contributed by atoms with Gasteiger partial charge in [0.25, 0.3) is 0 Å². The molecule has 0 aliphatic rings. The van der Waals surface area contributed by atoms with Crippen LogP contribution in [0.3, 0.4) is 0 Å². The Morgan fingerprint density at radius 1 is 1.41 bits per heavy atom. The summed E-state index contributed by atoms with van der Waals surface area (Å²) in [6.07, 6.45) is 1.74. The number of benzene rings is 1. The molecular formula is C14H19NO2. The van der Waals surface area contributed by atoms with Gasteiger partial charge in [0.05, 0.1) is 13.7 Å². The van der Waals surface area contributed by atoms with Crippen molar-refractivity contribution in [1.29, 1.82) is 0 Å². The van der Waals surface area contributed by atoms with Crippen LogP contribution in [0.1, 0.15) is 21.5 Å². The standard InChI is InChI=1S/C14H19NO2/c1-5-6-15-9-13(16)12-7-11(3)14(17-4)8-10(12)2/h5,7-8,15H,1,6,9H2,2-4H3. The lowest BCUT2D eigenvalue weighted by molar-refractivity contribution is 0.0991. The number of carbonyl (C=O) groups excluding carboxylic acids is 1. The first kappa shape index (κ1) is 13.5. The van der Waals surface area contributed by atoms with Gasteiger partial charge in [0.15, 0.2) is 5.78 Å². The van der Waals surface area contributed by atoms with Gasteiger partial charge in [-0.05, 0) is 37.1 Å². The summed E-state index contributed by atoms with van der Waals surface area (Å²) in [5.74, 6) is 0.910. The minimum Gasteiger partial charge on any atom is -0.496 e. The summed E-state index contributed by atoms with van der Waals surface area (Å²) in [5.41, 5.74) is 2.67. The zero-order valence-electron chi connectivity index (χ0n) is 10.7. The van der Waals surface area contributed by atoms with E-state index < -0.39 is 0 Å². The highest BCUT2D eigenvalue weighted by atomic mass is 16.5. The lowest BCUT2D eigenvalue weighted by Crippen LogP contribution is -2.23. The van der Waals surface area contributed by atoms with E-state index in [-0.39, 0.29) is 5.78 Å². The van der Waals surface area contributed by atoms with Crippen molar-refractivity contribution in [1.82, 2.24) is 5.32 Å². The number of carbonyl (C=O) groups is 1. The highest BCUT2D eigenvalue weighted by molar-refractivity contribution is 5.99. The molecule has 0 amide bonds. The fourth-order valence-electron chi connectivity index (χ4n) is 1.69. The fraction of sp³-hybridized carbons (Fsp3) is 0.357. The molecule has 1 aromatic carbocycles. The number of ketones is 1. The zero-order chi connectivity index (χ0) is 12.8. The highest BCUT2D eigenvalue weighted by Crippen LogP contribution is 2.22. The van der Waals surface area contributed by atoms with Crippen LogP contribution >= 0.6 is 0 Å². The van der Waals surface area contributed by atoms with E-state index in [1.54, 1.807) is 13.2 Å². The molecule has 0 atom stereocenters. The Balaban J connectivity index is 2.87. The smallest absolute Gasteiger partial charge is 0.176 e. The molecule has 3 heteroatoms. The topological polar surface area (TPSA) is 38.3 Å². The quantitative estimate of drug-likeness (QED) is 0.465. The lowest BCUT2D eigenvalue weighted by Gasteiger charge is -2.10. The van der Waals surface area contributed by atoms with E-state index in [0.717, 1.165) is 22.4 Å². The normalized spacial score (nSPS) is 10.1. The van der Waals surface area contributed by atoms with Crippen molar-refractivity contribution in [3.8, 4) is 5.75 Å². The molecule has 0 aromatic heterocycles. The molecule has 1 aromatic rings. The van der Waals surface area contributed by atoms with Gasteiger partial charge in [0.2, 0.25) is 0 Å². The molecule has 1 N–H and O–H groups in total. The summed E-state index contributed by atoms with van der Waals surface area (Å²) in [6.45, 7) is 8.42. The van der Waals surface area contributed by atoms with Gasteiger partial charge in [0, 0.05) is 12.1 Å². The van der Waals surface area contributed by atoms with Crippen LogP contribution in [0.4, 0.5) is 0 Å². The number of ether oxygens (including phenoxy) is 1. The van der Waals surface area contributed by atoms with Crippen LogP contribution in [-0.2, 0) is 0 Å². The van der Waals surface area contributed by atoms with Gasteiger partial charge in [-0.3, -0.25) is 4.79 Å². The lowest BCUT2D eigenvalue weighted by atomic mass is 10.0. The van der Waals surface area contributed by atoms with E-state index in [0.29, 0.717) is 13.1 Å². The van der Waals surface area contributed by atoms with Gasteiger partial charge in [-0.15, -0.1) is 6.58 Å². The number of rotatable bonds is 6. The molecule has 0 spiro atoms. The number of methoxy groups -OCH3 is 1. The number of hydrogen-bond donors (Lipinski definition) is 1. The largest absolute Gasteiger partial charge is 0.496 e. The van der Waals surface area contributed by atoms with Crippen molar-refractivity contribution in [2.45, 2.75) is 13.8 Å². The van der Waals surface area contributed by atoms with Gasteiger partial charge in [-0.1, -0.05) is 6.08 Å². The van der Waals surface area contributed by atoms with Gasteiger partial charge >= 0.3 is 0 Å². The molecule has 0 saturated carbocycles. The van der Waals surface area contributed by atoms with E-state index in [9.17, 15) is 4.79 Å². The molecule has 0 fully saturated rings. The Kier molecular flexibility index (Phi) is 4.91. The molecule has 92 valence electrons. The average Bonchev–Trinajstić information content (AvgIpc) is 2.31. The Bertz CT molecular complexity index is 424. The predicted molar refractivity (Wildman–Crippen MR) is 69.9 cm³/mol. The van der Waals surface area contributed by atoms with Crippen molar-refractivity contribution in [2.24, 2.45) is 0 Å². The van der Waals surface area contributed by atoms with Crippen molar-refractivity contribution in [3.63, 3.8) is 0 Å². The molecule has 0 aliphatic carbocycles. The summed E-state index contributed by atoms with van der Waals surface area (Å²) in [4.78, 5) is 12.0. The number of hydrogen-bond acceptors (Lipinski definition) is 3. The van der Waals surface area contributed by atoms with Gasteiger partial charge in [-0.2, -0.15) is 0 Å². The van der Waals surface area contributed by atoms with Crippen LogP contribution in [0.25, 0.3) is 0 Å². The molecule has 1 rings (SSSR count). The third-order valence-corrected chi connectivity index (χ3v) is 2.62. The molecular weight excluding hydrogens is 214 g/mol. The van der Waals surface area contributed by atoms with Crippen LogP contribution in [0, 0.1) is 13.8 Å². The van der Waals surface area contributed by atoms with Crippen molar-refractivity contribution < 1.29 is 9.53 Å². The Morgan fingerprint density at radius 2 is 2.12 bits per heavy atom.